The van der Waals surface area contributed by atoms with Crippen molar-refractivity contribution in [1.29, 1.82) is 0 Å². The number of nitrogens with one attached hydrogen (secondary N) is 1. The molecule has 1 N–H and O–H groups in total. The van der Waals surface area contributed by atoms with Gasteiger partial charge in [-0.1, -0.05) is 34.7 Å². The van der Waals surface area contributed by atoms with Crippen LogP contribution in [0.4, 0.5) is 0 Å². The molecule has 0 spiro atoms. The van der Waals surface area contributed by atoms with Gasteiger partial charge in [0.2, 0.25) is 11.8 Å². The molecule has 2 atom stereocenters. The second-order valence-corrected chi connectivity index (χ2v) is 7.30. The molecule has 0 aliphatic carbocycles. The summed E-state index contributed by atoms with van der Waals surface area (Å²) < 4.78 is 0.368. The maximum atomic E-state index is 12.5. The van der Waals surface area contributed by atoms with E-state index in [1.165, 1.54) is 5.56 Å². The summed E-state index contributed by atoms with van der Waals surface area (Å²) >= 11 is 2.33. The van der Waals surface area contributed by atoms with Gasteiger partial charge in [-0.05, 0) is 30.5 Å². The number of piperidine rings is 1. The molecule has 0 radical (unpaired) electrons. The topological polar surface area (TPSA) is 66.5 Å². The molecule has 3 amide bonds. The number of alkyl halides is 1. The normalized spacial score (nSPS) is 23.0. The minimum Gasteiger partial charge on any atom is -0.322 e. The highest BCUT2D eigenvalue weighted by Gasteiger charge is 2.39. The SMILES string of the molecule is CC(I)c1ccc2c(c1)CN(C1CCC(=O)NC1=O)C2=O. The number of carbonyl (C=O) groups excluding carboxylic acids is 3. The maximum absolute atomic E-state index is 12.5. The number of amides is 3. The van der Waals surface area contributed by atoms with Crippen LogP contribution in [0.2, 0.25) is 0 Å². The van der Waals surface area contributed by atoms with Gasteiger partial charge < -0.3 is 4.90 Å². The molecule has 3 rings (SSSR count). The Morgan fingerprint density at radius 1 is 1.33 bits per heavy atom. The fraction of sp³-hybridized carbons (Fsp3) is 0.400. The summed E-state index contributed by atoms with van der Waals surface area (Å²) in [6.45, 7) is 2.54. The molecule has 2 unspecified atom stereocenters. The number of carbonyl (C=O) groups is 3. The van der Waals surface area contributed by atoms with Crippen LogP contribution in [0.15, 0.2) is 18.2 Å². The lowest BCUT2D eigenvalue weighted by molar-refractivity contribution is -0.136. The number of imide groups is 1. The van der Waals surface area contributed by atoms with E-state index in [2.05, 4.69) is 34.8 Å². The van der Waals surface area contributed by atoms with Gasteiger partial charge in [0.15, 0.2) is 0 Å². The standard InChI is InChI=1S/C15H15IN2O3/c1-8(16)9-2-3-11-10(6-9)7-18(15(11)21)12-4-5-13(19)17-14(12)20/h2-3,6,8,12H,4-5,7H2,1H3,(H,17,19,20). The third kappa shape index (κ3) is 2.56. The van der Waals surface area contributed by atoms with Gasteiger partial charge in [0.1, 0.15) is 6.04 Å². The van der Waals surface area contributed by atoms with Crippen LogP contribution in [-0.2, 0) is 16.1 Å². The van der Waals surface area contributed by atoms with Gasteiger partial charge in [-0.15, -0.1) is 0 Å². The van der Waals surface area contributed by atoms with Gasteiger partial charge in [-0.3, -0.25) is 19.7 Å². The molecule has 2 aliphatic rings. The minimum absolute atomic E-state index is 0.118. The molecule has 1 fully saturated rings. The van der Waals surface area contributed by atoms with E-state index >= 15 is 0 Å². The van der Waals surface area contributed by atoms with E-state index in [0.717, 1.165) is 5.56 Å². The van der Waals surface area contributed by atoms with Crippen molar-refractivity contribution < 1.29 is 14.4 Å². The first kappa shape index (κ1) is 14.5. The van der Waals surface area contributed by atoms with E-state index in [9.17, 15) is 14.4 Å². The summed E-state index contributed by atoms with van der Waals surface area (Å²) in [5.41, 5.74) is 2.80. The lowest BCUT2D eigenvalue weighted by Crippen LogP contribution is -2.52. The van der Waals surface area contributed by atoms with Crippen molar-refractivity contribution in [3.05, 3.63) is 34.9 Å². The van der Waals surface area contributed by atoms with E-state index < -0.39 is 6.04 Å². The number of nitrogens with zero attached hydrogens (tertiary/aromatic N) is 1. The first-order chi connectivity index (χ1) is 9.97. The second kappa shape index (κ2) is 5.40. The van der Waals surface area contributed by atoms with Crippen LogP contribution in [0.5, 0.6) is 0 Å². The number of rotatable bonds is 2. The molecule has 6 heteroatoms. The van der Waals surface area contributed by atoms with E-state index in [-0.39, 0.29) is 24.1 Å². The van der Waals surface area contributed by atoms with Crippen LogP contribution in [0.1, 0.15) is 45.2 Å². The fourth-order valence-corrected chi connectivity index (χ4v) is 3.23. The molecule has 2 aliphatic heterocycles. The molecule has 5 nitrogen and oxygen atoms in total. The van der Waals surface area contributed by atoms with Gasteiger partial charge in [0.25, 0.3) is 5.91 Å². The number of hydrogen-bond acceptors (Lipinski definition) is 3. The summed E-state index contributed by atoms with van der Waals surface area (Å²) in [6, 6.07) is 5.30. The van der Waals surface area contributed by atoms with Crippen LogP contribution in [0.25, 0.3) is 0 Å². The summed E-state index contributed by atoms with van der Waals surface area (Å²) in [6.07, 6.45) is 0.687. The first-order valence-electron chi connectivity index (χ1n) is 6.89. The van der Waals surface area contributed by atoms with E-state index in [0.29, 0.717) is 22.5 Å². The van der Waals surface area contributed by atoms with E-state index in [1.54, 1.807) is 4.90 Å². The molecule has 1 aromatic rings. The zero-order chi connectivity index (χ0) is 15.1. The lowest BCUT2D eigenvalue weighted by atomic mass is 10.0. The molecule has 0 saturated carbocycles. The zero-order valence-electron chi connectivity index (χ0n) is 11.6. The quantitative estimate of drug-likeness (QED) is 0.471. The van der Waals surface area contributed by atoms with Crippen molar-refractivity contribution in [2.45, 2.75) is 36.3 Å². The Kier molecular flexibility index (Phi) is 3.73. The van der Waals surface area contributed by atoms with Crippen molar-refractivity contribution >= 4 is 40.3 Å². The molecule has 2 heterocycles. The van der Waals surface area contributed by atoms with Gasteiger partial charge in [-0.2, -0.15) is 0 Å². The van der Waals surface area contributed by atoms with Crippen LogP contribution < -0.4 is 5.32 Å². The van der Waals surface area contributed by atoms with Gasteiger partial charge >= 0.3 is 0 Å². The molecule has 1 saturated heterocycles. The molecule has 0 bridgehead atoms. The zero-order valence-corrected chi connectivity index (χ0v) is 13.7. The molecule has 110 valence electrons. The Labute approximate surface area is 136 Å². The number of benzene rings is 1. The van der Waals surface area contributed by atoms with Crippen molar-refractivity contribution in [3.63, 3.8) is 0 Å². The molecule has 21 heavy (non-hydrogen) atoms. The van der Waals surface area contributed by atoms with E-state index in [4.69, 9.17) is 0 Å². The van der Waals surface area contributed by atoms with Crippen LogP contribution in [-0.4, -0.2) is 28.7 Å². The van der Waals surface area contributed by atoms with Crippen LogP contribution in [0.3, 0.4) is 0 Å². The van der Waals surface area contributed by atoms with Crippen molar-refractivity contribution in [2.24, 2.45) is 0 Å². The highest BCUT2D eigenvalue weighted by molar-refractivity contribution is 14.1. The van der Waals surface area contributed by atoms with Gasteiger partial charge in [-0.25, -0.2) is 0 Å². The predicted octanol–water partition coefficient (Wildman–Crippen LogP) is 1.94. The Hall–Kier alpha value is -1.44. The summed E-state index contributed by atoms with van der Waals surface area (Å²) in [5, 5.41) is 2.31. The second-order valence-electron chi connectivity index (χ2n) is 5.43. The van der Waals surface area contributed by atoms with Crippen molar-refractivity contribution in [1.82, 2.24) is 10.2 Å². The number of halogens is 1. The van der Waals surface area contributed by atoms with Gasteiger partial charge in [0.05, 0.1) is 0 Å². The molecule has 1 aromatic carbocycles. The predicted molar refractivity (Wildman–Crippen MR) is 84.9 cm³/mol. The largest absolute Gasteiger partial charge is 0.322 e. The number of hydrogen-bond donors (Lipinski definition) is 1. The maximum Gasteiger partial charge on any atom is 0.255 e. The average molecular weight is 398 g/mol. The summed E-state index contributed by atoms with van der Waals surface area (Å²) in [7, 11) is 0. The smallest absolute Gasteiger partial charge is 0.255 e. The van der Waals surface area contributed by atoms with Crippen LogP contribution in [0, 0.1) is 0 Å². The molecular weight excluding hydrogens is 383 g/mol. The Bertz CT molecular complexity index is 642. The Morgan fingerprint density at radius 2 is 2.10 bits per heavy atom. The monoisotopic (exact) mass is 398 g/mol. The highest BCUT2D eigenvalue weighted by Crippen LogP contribution is 2.31. The summed E-state index contributed by atoms with van der Waals surface area (Å²) in [5.74, 6) is -0.747. The highest BCUT2D eigenvalue weighted by atomic mass is 127. The Morgan fingerprint density at radius 3 is 2.76 bits per heavy atom. The van der Waals surface area contributed by atoms with E-state index in [1.807, 2.05) is 18.2 Å². The first-order valence-corrected chi connectivity index (χ1v) is 8.13. The van der Waals surface area contributed by atoms with Gasteiger partial charge in [0, 0.05) is 22.5 Å². The molecule has 0 aromatic heterocycles. The summed E-state index contributed by atoms with van der Waals surface area (Å²) in [4.78, 5) is 37.2. The Balaban J connectivity index is 1.86. The number of fused-ring (bicyclic) bond motifs is 1. The third-order valence-corrected chi connectivity index (χ3v) is 4.73. The average Bonchev–Trinajstić information content (AvgIpc) is 2.75. The van der Waals surface area contributed by atoms with Crippen molar-refractivity contribution in [3.8, 4) is 0 Å². The lowest BCUT2D eigenvalue weighted by Gasteiger charge is -2.29. The minimum atomic E-state index is -0.539. The van der Waals surface area contributed by atoms with Crippen molar-refractivity contribution in [2.75, 3.05) is 0 Å². The molecular formula is C15H15IN2O3. The third-order valence-electron chi connectivity index (χ3n) is 4.01. The van der Waals surface area contributed by atoms with Crippen LogP contribution >= 0.6 is 22.6 Å². The fourth-order valence-electron chi connectivity index (χ4n) is 2.84.